The number of hydrogen-bond donors (Lipinski definition) is 1. The number of pyridine rings is 1. The molecule has 0 aliphatic carbocycles. The summed E-state index contributed by atoms with van der Waals surface area (Å²) in [7, 11) is 1.87. The van der Waals surface area contributed by atoms with Crippen molar-refractivity contribution in [2.24, 2.45) is 0 Å². The van der Waals surface area contributed by atoms with Crippen LogP contribution in [0.2, 0.25) is 0 Å². The van der Waals surface area contributed by atoms with E-state index in [0.717, 1.165) is 5.69 Å². The quantitative estimate of drug-likeness (QED) is 0.628. The number of hydrogen-bond acceptors (Lipinski definition) is 3. The maximum atomic E-state index is 8.00. The average Bonchev–Trinajstić information content (AvgIpc) is 2.10. The molecule has 1 heterocycles. The largest absolute Gasteiger partial charge is 0.387 e. The summed E-state index contributed by atoms with van der Waals surface area (Å²) in [6, 6.07) is 3.86. The molecule has 3 heteroatoms. The van der Waals surface area contributed by atoms with Crippen LogP contribution in [0.3, 0.4) is 0 Å². The van der Waals surface area contributed by atoms with Gasteiger partial charge in [0.2, 0.25) is 0 Å². The minimum Gasteiger partial charge on any atom is -0.387 e. The molecule has 1 aromatic rings. The Morgan fingerprint density at radius 3 is 2.60 bits per heavy atom. The van der Waals surface area contributed by atoms with E-state index in [1.54, 1.807) is 12.4 Å². The van der Waals surface area contributed by atoms with E-state index in [4.69, 9.17) is 4.79 Å². The van der Waals surface area contributed by atoms with Crippen LogP contribution in [0, 0.1) is 0 Å². The Kier molecular flexibility index (Phi) is 4.96. The lowest BCUT2D eigenvalue weighted by atomic mass is 10.4. The molecule has 10 heavy (non-hydrogen) atoms. The third kappa shape index (κ3) is 2.81. The van der Waals surface area contributed by atoms with E-state index in [9.17, 15) is 0 Å². The van der Waals surface area contributed by atoms with Crippen LogP contribution in [0.4, 0.5) is 5.69 Å². The predicted octanol–water partition coefficient (Wildman–Crippen LogP) is 0.938. The van der Waals surface area contributed by atoms with Gasteiger partial charge in [-0.1, -0.05) is 0 Å². The molecule has 0 aliphatic heterocycles. The summed E-state index contributed by atoms with van der Waals surface area (Å²) < 4.78 is 0. The number of nitrogens with one attached hydrogen (secondary N) is 1. The highest BCUT2D eigenvalue weighted by molar-refractivity contribution is 5.38. The lowest BCUT2D eigenvalue weighted by molar-refractivity contribution is -0.0979. The molecule has 1 N–H and O–H groups in total. The SMILES string of the molecule is C=O.CNc1cccnc1. The second-order valence-electron chi connectivity index (χ2n) is 1.49. The highest BCUT2D eigenvalue weighted by Crippen LogP contribution is 1.98. The Balaban J connectivity index is 0.000000371. The van der Waals surface area contributed by atoms with Gasteiger partial charge in [-0.3, -0.25) is 4.98 Å². The molecule has 0 saturated carbocycles. The Bertz CT molecular complexity index is 165. The molecule has 0 spiro atoms. The standard InChI is InChI=1S/C6H8N2.CH2O/c1-7-6-3-2-4-8-5-6;1-2/h2-5,7H,1H3;1H2. The van der Waals surface area contributed by atoms with Gasteiger partial charge in [-0.2, -0.15) is 0 Å². The molecule has 0 unspecified atom stereocenters. The fraction of sp³-hybridized carbons (Fsp3) is 0.143. The Morgan fingerprint density at radius 1 is 1.60 bits per heavy atom. The fourth-order valence-electron chi connectivity index (χ4n) is 0.511. The Hall–Kier alpha value is -1.38. The van der Waals surface area contributed by atoms with Crippen LogP contribution in [0.25, 0.3) is 0 Å². The van der Waals surface area contributed by atoms with Crippen LogP contribution >= 0.6 is 0 Å². The summed E-state index contributed by atoms with van der Waals surface area (Å²) in [6.45, 7) is 2.00. The number of aromatic nitrogens is 1. The van der Waals surface area contributed by atoms with Gasteiger partial charge in [0, 0.05) is 19.4 Å². The van der Waals surface area contributed by atoms with Crippen LogP contribution in [-0.4, -0.2) is 18.8 Å². The van der Waals surface area contributed by atoms with Crippen molar-refractivity contribution >= 4 is 12.5 Å². The van der Waals surface area contributed by atoms with Crippen molar-refractivity contribution in [2.75, 3.05) is 12.4 Å². The predicted molar refractivity (Wildman–Crippen MR) is 40.9 cm³/mol. The first-order chi connectivity index (χ1) is 4.93. The molecule has 0 fully saturated rings. The van der Waals surface area contributed by atoms with Crippen molar-refractivity contribution in [3.8, 4) is 0 Å². The summed E-state index contributed by atoms with van der Waals surface area (Å²) >= 11 is 0. The first-order valence-corrected chi connectivity index (χ1v) is 2.80. The minimum absolute atomic E-state index is 1.05. The van der Waals surface area contributed by atoms with E-state index in [-0.39, 0.29) is 0 Å². The minimum atomic E-state index is 1.05. The third-order valence-electron chi connectivity index (χ3n) is 0.950. The van der Waals surface area contributed by atoms with Gasteiger partial charge in [-0.15, -0.1) is 0 Å². The molecule has 0 atom stereocenters. The van der Waals surface area contributed by atoms with Crippen molar-refractivity contribution in [3.63, 3.8) is 0 Å². The van der Waals surface area contributed by atoms with E-state index in [1.807, 2.05) is 26.0 Å². The Morgan fingerprint density at radius 2 is 2.30 bits per heavy atom. The zero-order valence-corrected chi connectivity index (χ0v) is 5.87. The normalized spacial score (nSPS) is 7.30. The number of carbonyl (C=O) groups is 1. The molecule has 0 saturated heterocycles. The molecule has 0 amide bonds. The topological polar surface area (TPSA) is 42.0 Å². The van der Waals surface area contributed by atoms with Crippen LogP contribution in [0.5, 0.6) is 0 Å². The molecule has 1 rings (SSSR count). The summed E-state index contributed by atoms with van der Waals surface area (Å²) in [5.41, 5.74) is 1.05. The van der Waals surface area contributed by atoms with E-state index in [1.165, 1.54) is 0 Å². The highest BCUT2D eigenvalue weighted by Gasteiger charge is 1.79. The van der Waals surface area contributed by atoms with Gasteiger partial charge in [0.15, 0.2) is 0 Å². The monoisotopic (exact) mass is 138 g/mol. The summed E-state index contributed by atoms with van der Waals surface area (Å²) in [5, 5.41) is 2.96. The van der Waals surface area contributed by atoms with Gasteiger partial charge in [0.1, 0.15) is 6.79 Å². The fourth-order valence-corrected chi connectivity index (χ4v) is 0.511. The van der Waals surface area contributed by atoms with Gasteiger partial charge in [0.05, 0.1) is 5.69 Å². The maximum Gasteiger partial charge on any atom is 0.106 e. The molecule has 54 valence electrons. The molecule has 1 aromatic heterocycles. The lowest BCUT2D eigenvalue weighted by Gasteiger charge is -1.93. The Labute approximate surface area is 60.1 Å². The van der Waals surface area contributed by atoms with Crippen LogP contribution in [0.1, 0.15) is 0 Å². The van der Waals surface area contributed by atoms with Gasteiger partial charge in [0.25, 0.3) is 0 Å². The number of nitrogens with zero attached hydrogens (tertiary/aromatic N) is 1. The number of rotatable bonds is 1. The number of anilines is 1. The zero-order valence-electron chi connectivity index (χ0n) is 5.87. The molecule has 3 nitrogen and oxygen atoms in total. The average molecular weight is 138 g/mol. The van der Waals surface area contributed by atoms with Gasteiger partial charge in [-0.25, -0.2) is 0 Å². The second-order valence-corrected chi connectivity index (χ2v) is 1.49. The van der Waals surface area contributed by atoms with Gasteiger partial charge in [-0.05, 0) is 12.1 Å². The zero-order chi connectivity index (χ0) is 7.82. The summed E-state index contributed by atoms with van der Waals surface area (Å²) in [5.74, 6) is 0. The van der Waals surface area contributed by atoms with Crippen molar-refractivity contribution < 1.29 is 4.79 Å². The molecular weight excluding hydrogens is 128 g/mol. The molecule has 0 radical (unpaired) electrons. The lowest BCUT2D eigenvalue weighted by Crippen LogP contribution is -1.86. The van der Waals surface area contributed by atoms with Gasteiger partial charge < -0.3 is 10.1 Å². The van der Waals surface area contributed by atoms with Crippen molar-refractivity contribution in [2.45, 2.75) is 0 Å². The number of carbonyl (C=O) groups excluding carboxylic acids is 1. The maximum absolute atomic E-state index is 8.00. The van der Waals surface area contributed by atoms with Crippen molar-refractivity contribution in [1.82, 2.24) is 4.98 Å². The first kappa shape index (κ1) is 8.62. The summed E-state index contributed by atoms with van der Waals surface area (Å²) in [4.78, 5) is 11.9. The smallest absolute Gasteiger partial charge is 0.106 e. The molecular formula is C7H10N2O. The molecule has 0 aliphatic rings. The van der Waals surface area contributed by atoms with Crippen LogP contribution in [-0.2, 0) is 4.79 Å². The van der Waals surface area contributed by atoms with Crippen LogP contribution < -0.4 is 5.32 Å². The summed E-state index contributed by atoms with van der Waals surface area (Å²) in [6.07, 6.45) is 3.53. The molecule has 0 aromatic carbocycles. The van der Waals surface area contributed by atoms with E-state index < -0.39 is 0 Å². The van der Waals surface area contributed by atoms with E-state index >= 15 is 0 Å². The van der Waals surface area contributed by atoms with Gasteiger partial charge >= 0.3 is 0 Å². The van der Waals surface area contributed by atoms with E-state index in [0.29, 0.717) is 0 Å². The van der Waals surface area contributed by atoms with Crippen molar-refractivity contribution in [1.29, 1.82) is 0 Å². The second kappa shape index (κ2) is 5.75. The van der Waals surface area contributed by atoms with E-state index in [2.05, 4.69) is 10.3 Å². The molecule has 0 bridgehead atoms. The highest BCUT2D eigenvalue weighted by atomic mass is 16.1. The third-order valence-corrected chi connectivity index (χ3v) is 0.950. The van der Waals surface area contributed by atoms with Crippen molar-refractivity contribution in [3.05, 3.63) is 24.5 Å². The van der Waals surface area contributed by atoms with Crippen LogP contribution in [0.15, 0.2) is 24.5 Å². The first-order valence-electron chi connectivity index (χ1n) is 2.80.